The van der Waals surface area contributed by atoms with Crippen molar-refractivity contribution in [2.45, 2.75) is 24.7 Å². The van der Waals surface area contributed by atoms with Crippen molar-refractivity contribution >= 4 is 11.7 Å². The summed E-state index contributed by atoms with van der Waals surface area (Å²) < 4.78 is 43.4. The Bertz CT molecular complexity index is 865. The van der Waals surface area contributed by atoms with E-state index in [1.165, 1.54) is 35.4 Å². The molecule has 6 nitrogen and oxygen atoms in total. The SMILES string of the molecule is O=C(C(=O)N1CCC2NNC(c3ccc(C(F)(F)F)cc3)C2C1)c1ccco1. The van der Waals surface area contributed by atoms with Crippen LogP contribution in [0, 0.1) is 5.92 Å². The van der Waals surface area contributed by atoms with Crippen LogP contribution in [0.4, 0.5) is 13.2 Å². The molecule has 3 heterocycles. The summed E-state index contributed by atoms with van der Waals surface area (Å²) in [5, 5.41) is 0. The van der Waals surface area contributed by atoms with E-state index >= 15 is 0 Å². The Morgan fingerprint density at radius 2 is 1.86 bits per heavy atom. The van der Waals surface area contributed by atoms with Gasteiger partial charge in [0.2, 0.25) is 0 Å². The second-order valence-electron chi connectivity index (χ2n) is 7.00. The summed E-state index contributed by atoms with van der Waals surface area (Å²) in [5.41, 5.74) is 6.26. The van der Waals surface area contributed by atoms with E-state index in [0.29, 0.717) is 25.1 Å². The largest absolute Gasteiger partial charge is 0.461 e. The van der Waals surface area contributed by atoms with E-state index in [1.54, 1.807) is 0 Å². The van der Waals surface area contributed by atoms with Crippen molar-refractivity contribution in [3.05, 3.63) is 59.5 Å². The first kappa shape index (κ1) is 18.7. The van der Waals surface area contributed by atoms with Crippen LogP contribution in [0.1, 0.15) is 34.1 Å². The van der Waals surface area contributed by atoms with Gasteiger partial charge < -0.3 is 9.32 Å². The summed E-state index contributed by atoms with van der Waals surface area (Å²) in [5.74, 6) is -1.41. The van der Waals surface area contributed by atoms with Crippen molar-refractivity contribution in [2.24, 2.45) is 5.92 Å². The lowest BCUT2D eigenvalue weighted by Crippen LogP contribution is -2.49. The van der Waals surface area contributed by atoms with Crippen molar-refractivity contribution in [1.82, 2.24) is 15.8 Å². The highest BCUT2D eigenvalue weighted by Gasteiger charge is 2.43. The average molecular weight is 393 g/mol. The number of fused-ring (bicyclic) bond motifs is 1. The molecule has 2 aromatic rings. The number of rotatable bonds is 3. The molecular weight excluding hydrogens is 375 g/mol. The number of ketones is 1. The zero-order valence-electron chi connectivity index (χ0n) is 14.7. The molecule has 3 atom stereocenters. The quantitative estimate of drug-likeness (QED) is 0.619. The number of alkyl halides is 3. The predicted octanol–water partition coefficient (Wildman–Crippen LogP) is 2.55. The second kappa shape index (κ2) is 7.06. The molecule has 1 amide bonds. The fraction of sp³-hybridized carbons (Fsp3) is 0.368. The number of amides is 1. The Balaban J connectivity index is 1.49. The van der Waals surface area contributed by atoms with Crippen molar-refractivity contribution in [2.75, 3.05) is 13.1 Å². The number of benzene rings is 1. The van der Waals surface area contributed by atoms with Crippen LogP contribution in [0.2, 0.25) is 0 Å². The molecule has 0 bridgehead atoms. The summed E-state index contributed by atoms with van der Waals surface area (Å²) in [6.07, 6.45) is -2.42. The van der Waals surface area contributed by atoms with Crippen LogP contribution in [0.15, 0.2) is 47.1 Å². The van der Waals surface area contributed by atoms with Crippen molar-refractivity contribution in [1.29, 1.82) is 0 Å². The third-order valence-corrected chi connectivity index (χ3v) is 5.33. The molecule has 3 unspecified atom stereocenters. The Morgan fingerprint density at radius 1 is 1.11 bits per heavy atom. The lowest BCUT2D eigenvalue weighted by molar-refractivity contribution is -0.137. The molecule has 1 aromatic carbocycles. The van der Waals surface area contributed by atoms with Gasteiger partial charge in [-0.2, -0.15) is 13.2 Å². The summed E-state index contributed by atoms with van der Waals surface area (Å²) >= 11 is 0. The van der Waals surface area contributed by atoms with Gasteiger partial charge in [0.1, 0.15) is 0 Å². The van der Waals surface area contributed by atoms with Gasteiger partial charge in [-0.25, -0.2) is 5.43 Å². The highest BCUT2D eigenvalue weighted by molar-refractivity contribution is 6.41. The number of hydrogen-bond donors (Lipinski definition) is 2. The lowest BCUT2D eigenvalue weighted by Gasteiger charge is -2.35. The number of hydrogen-bond acceptors (Lipinski definition) is 5. The first-order valence-electron chi connectivity index (χ1n) is 8.90. The number of Topliss-reactive ketones (excluding diaryl/α,β-unsaturated/α-hetero) is 1. The highest BCUT2D eigenvalue weighted by atomic mass is 19.4. The van der Waals surface area contributed by atoms with Crippen molar-refractivity contribution in [3.8, 4) is 0 Å². The molecule has 2 N–H and O–H groups in total. The van der Waals surface area contributed by atoms with Crippen LogP contribution in [0.5, 0.6) is 0 Å². The fourth-order valence-electron chi connectivity index (χ4n) is 3.85. The number of furan rings is 1. The van der Waals surface area contributed by atoms with Crippen LogP contribution in [0.25, 0.3) is 0 Å². The van der Waals surface area contributed by atoms with Crippen LogP contribution in [-0.2, 0) is 11.0 Å². The molecule has 9 heteroatoms. The molecule has 4 rings (SSSR count). The number of nitrogens with zero attached hydrogens (tertiary/aromatic N) is 1. The van der Waals surface area contributed by atoms with E-state index < -0.39 is 23.4 Å². The molecule has 2 saturated heterocycles. The third-order valence-electron chi connectivity index (χ3n) is 5.33. The zero-order chi connectivity index (χ0) is 19.9. The normalized spacial score (nSPS) is 24.8. The molecule has 0 saturated carbocycles. The van der Waals surface area contributed by atoms with E-state index in [0.717, 1.165) is 12.1 Å². The number of piperidine rings is 1. The standard InChI is InChI=1S/C19H18F3N3O3/c20-19(21,22)12-5-3-11(4-6-12)16-13-10-25(8-7-14(13)23-24-16)18(27)17(26)15-2-1-9-28-15/h1-6,9,13-14,16,23-24H,7-8,10H2. The Hall–Kier alpha value is -2.65. The maximum absolute atomic E-state index is 12.8. The molecule has 2 fully saturated rings. The molecule has 148 valence electrons. The molecule has 2 aliphatic rings. The van der Waals surface area contributed by atoms with Crippen LogP contribution in [-0.4, -0.2) is 35.7 Å². The fourth-order valence-corrected chi connectivity index (χ4v) is 3.85. The maximum atomic E-state index is 12.8. The van der Waals surface area contributed by atoms with Gasteiger partial charge >= 0.3 is 6.18 Å². The summed E-state index contributed by atoms with van der Waals surface area (Å²) in [6, 6.07) is 7.78. The first-order valence-corrected chi connectivity index (χ1v) is 8.90. The Morgan fingerprint density at radius 3 is 2.50 bits per heavy atom. The predicted molar refractivity (Wildman–Crippen MR) is 92.0 cm³/mol. The monoisotopic (exact) mass is 393 g/mol. The van der Waals surface area contributed by atoms with Gasteiger partial charge in [0.15, 0.2) is 5.76 Å². The van der Waals surface area contributed by atoms with Crippen molar-refractivity contribution in [3.63, 3.8) is 0 Å². The van der Waals surface area contributed by atoms with Gasteiger partial charge in [0.05, 0.1) is 17.9 Å². The molecular formula is C19H18F3N3O3. The van der Waals surface area contributed by atoms with Crippen LogP contribution >= 0.6 is 0 Å². The van der Waals surface area contributed by atoms with Crippen LogP contribution < -0.4 is 10.9 Å². The maximum Gasteiger partial charge on any atom is 0.416 e. The van der Waals surface area contributed by atoms with E-state index in [9.17, 15) is 22.8 Å². The molecule has 0 aliphatic carbocycles. The van der Waals surface area contributed by atoms with Gasteiger partial charge in [-0.1, -0.05) is 12.1 Å². The second-order valence-corrected chi connectivity index (χ2v) is 7.00. The lowest BCUT2D eigenvalue weighted by atomic mass is 9.84. The minimum atomic E-state index is -4.39. The number of carbonyl (C=O) groups is 2. The number of hydrazine groups is 1. The number of carbonyl (C=O) groups excluding carboxylic acids is 2. The van der Waals surface area contributed by atoms with Gasteiger partial charge in [0, 0.05) is 25.0 Å². The van der Waals surface area contributed by atoms with Gasteiger partial charge in [-0.15, -0.1) is 0 Å². The topological polar surface area (TPSA) is 74.6 Å². The Labute approximate surface area is 158 Å². The number of likely N-dealkylation sites (tertiary alicyclic amines) is 1. The summed E-state index contributed by atoms with van der Waals surface area (Å²) in [4.78, 5) is 26.3. The molecule has 0 radical (unpaired) electrons. The minimum absolute atomic E-state index is 0.00548. The molecule has 2 aliphatic heterocycles. The summed E-state index contributed by atoms with van der Waals surface area (Å²) in [6.45, 7) is 0.739. The van der Waals surface area contributed by atoms with E-state index in [1.807, 2.05) is 0 Å². The van der Waals surface area contributed by atoms with Gasteiger partial charge in [-0.05, 0) is 36.2 Å². The Kier molecular flexibility index (Phi) is 4.72. The average Bonchev–Trinajstić information content (AvgIpc) is 3.35. The minimum Gasteiger partial charge on any atom is -0.461 e. The smallest absolute Gasteiger partial charge is 0.416 e. The van der Waals surface area contributed by atoms with E-state index in [4.69, 9.17) is 4.42 Å². The molecule has 28 heavy (non-hydrogen) atoms. The highest BCUT2D eigenvalue weighted by Crippen LogP contribution is 2.35. The van der Waals surface area contributed by atoms with Crippen LogP contribution in [0.3, 0.4) is 0 Å². The number of nitrogens with one attached hydrogen (secondary N) is 2. The third kappa shape index (κ3) is 3.43. The molecule has 1 aromatic heterocycles. The van der Waals surface area contributed by atoms with Gasteiger partial charge in [-0.3, -0.25) is 15.0 Å². The van der Waals surface area contributed by atoms with Gasteiger partial charge in [0.25, 0.3) is 11.7 Å². The number of halogens is 3. The van der Waals surface area contributed by atoms with Crippen molar-refractivity contribution < 1.29 is 27.2 Å². The summed E-state index contributed by atoms with van der Waals surface area (Å²) in [7, 11) is 0. The first-order chi connectivity index (χ1) is 13.3. The van der Waals surface area contributed by atoms with E-state index in [2.05, 4.69) is 10.9 Å². The van der Waals surface area contributed by atoms with E-state index in [-0.39, 0.29) is 23.8 Å². The molecule has 0 spiro atoms. The zero-order valence-corrected chi connectivity index (χ0v) is 14.7.